The van der Waals surface area contributed by atoms with Crippen LogP contribution in [0.3, 0.4) is 0 Å². The van der Waals surface area contributed by atoms with E-state index in [1.807, 2.05) is 11.3 Å². The zero-order chi connectivity index (χ0) is 9.97. The van der Waals surface area contributed by atoms with Gasteiger partial charge in [-0.25, -0.2) is 0 Å². The molecule has 0 bridgehead atoms. The molecular weight excluding hydrogens is 192 g/mol. The quantitative estimate of drug-likeness (QED) is 0.822. The Labute approximate surface area is 89.9 Å². The Morgan fingerprint density at radius 3 is 3.07 bits per heavy atom. The molecule has 0 spiro atoms. The Kier molecular flexibility index (Phi) is 3.21. The van der Waals surface area contributed by atoms with Crippen LogP contribution in [0.5, 0.6) is 0 Å². The highest BCUT2D eigenvalue weighted by atomic mass is 32.1. The summed E-state index contributed by atoms with van der Waals surface area (Å²) in [5, 5.41) is 5.57. The first-order valence-corrected chi connectivity index (χ1v) is 6.13. The van der Waals surface area contributed by atoms with Crippen LogP contribution in [-0.4, -0.2) is 31.1 Å². The number of rotatable bonds is 3. The monoisotopic (exact) mass is 210 g/mol. The molecule has 2 atom stereocenters. The van der Waals surface area contributed by atoms with Crippen molar-refractivity contribution in [3.63, 3.8) is 0 Å². The van der Waals surface area contributed by atoms with Gasteiger partial charge in [0.15, 0.2) is 0 Å². The lowest BCUT2D eigenvalue weighted by molar-refractivity contribution is 0.199. The predicted octanol–water partition coefficient (Wildman–Crippen LogP) is 2.10. The van der Waals surface area contributed by atoms with Crippen molar-refractivity contribution >= 4 is 11.3 Å². The average molecular weight is 210 g/mol. The standard InChI is InChI=1S/C11H18N2S/c1-9(11-4-3-7-14-11)13(2)10-5-6-12-8-10/h3-4,7,9-10,12H,5-6,8H2,1-2H3/t9?,10-/m0/s1. The first-order chi connectivity index (χ1) is 6.79. The Morgan fingerprint density at radius 1 is 1.64 bits per heavy atom. The van der Waals surface area contributed by atoms with Crippen LogP contribution >= 0.6 is 11.3 Å². The number of thiophene rings is 1. The van der Waals surface area contributed by atoms with Gasteiger partial charge in [0.05, 0.1) is 0 Å². The third-order valence-electron chi connectivity index (χ3n) is 3.18. The Bertz CT molecular complexity index is 265. The summed E-state index contributed by atoms with van der Waals surface area (Å²) in [6.07, 6.45) is 1.28. The fourth-order valence-corrected chi connectivity index (χ4v) is 2.87. The molecule has 3 heteroatoms. The lowest BCUT2D eigenvalue weighted by Crippen LogP contribution is -2.35. The van der Waals surface area contributed by atoms with Crippen LogP contribution in [0.1, 0.15) is 24.3 Å². The maximum Gasteiger partial charge on any atom is 0.0413 e. The molecule has 0 aliphatic carbocycles. The van der Waals surface area contributed by atoms with Crippen LogP contribution < -0.4 is 5.32 Å². The zero-order valence-corrected chi connectivity index (χ0v) is 9.68. The second-order valence-corrected chi connectivity index (χ2v) is 4.98. The van der Waals surface area contributed by atoms with Crippen molar-refractivity contribution in [1.82, 2.24) is 10.2 Å². The van der Waals surface area contributed by atoms with Crippen molar-refractivity contribution < 1.29 is 0 Å². The molecule has 2 rings (SSSR count). The maximum atomic E-state index is 3.42. The number of hydrogen-bond acceptors (Lipinski definition) is 3. The van der Waals surface area contributed by atoms with Gasteiger partial charge in [0, 0.05) is 23.5 Å². The predicted molar refractivity (Wildman–Crippen MR) is 61.8 cm³/mol. The molecule has 1 aromatic heterocycles. The van der Waals surface area contributed by atoms with Gasteiger partial charge in [-0.2, -0.15) is 0 Å². The van der Waals surface area contributed by atoms with Crippen LogP contribution in [0.25, 0.3) is 0 Å². The van der Waals surface area contributed by atoms with Crippen LogP contribution in [0.15, 0.2) is 17.5 Å². The highest BCUT2D eigenvalue weighted by molar-refractivity contribution is 7.10. The van der Waals surface area contributed by atoms with Gasteiger partial charge in [0.2, 0.25) is 0 Å². The molecule has 1 fully saturated rings. The van der Waals surface area contributed by atoms with E-state index in [2.05, 4.69) is 41.7 Å². The van der Waals surface area contributed by atoms with E-state index in [0.29, 0.717) is 12.1 Å². The zero-order valence-electron chi connectivity index (χ0n) is 8.86. The van der Waals surface area contributed by atoms with Gasteiger partial charge in [0.1, 0.15) is 0 Å². The van der Waals surface area contributed by atoms with E-state index in [-0.39, 0.29) is 0 Å². The molecule has 0 aromatic carbocycles. The highest BCUT2D eigenvalue weighted by Crippen LogP contribution is 2.26. The third kappa shape index (κ3) is 2.00. The van der Waals surface area contributed by atoms with Gasteiger partial charge < -0.3 is 5.32 Å². The Hall–Kier alpha value is -0.380. The molecular formula is C11H18N2S. The van der Waals surface area contributed by atoms with Crippen LogP contribution in [0, 0.1) is 0 Å². The molecule has 1 aromatic rings. The lowest BCUT2D eigenvalue weighted by Gasteiger charge is -2.29. The Morgan fingerprint density at radius 2 is 2.50 bits per heavy atom. The van der Waals surface area contributed by atoms with Crippen molar-refractivity contribution in [3.05, 3.63) is 22.4 Å². The first kappa shape index (κ1) is 10.1. The van der Waals surface area contributed by atoms with E-state index in [1.54, 1.807) is 0 Å². The van der Waals surface area contributed by atoms with E-state index in [9.17, 15) is 0 Å². The van der Waals surface area contributed by atoms with Gasteiger partial charge in [-0.15, -0.1) is 11.3 Å². The topological polar surface area (TPSA) is 15.3 Å². The van der Waals surface area contributed by atoms with Crippen LogP contribution in [-0.2, 0) is 0 Å². The summed E-state index contributed by atoms with van der Waals surface area (Å²) in [6.45, 7) is 4.61. The number of nitrogens with one attached hydrogen (secondary N) is 1. The number of nitrogens with zero attached hydrogens (tertiary/aromatic N) is 1. The molecule has 1 N–H and O–H groups in total. The van der Waals surface area contributed by atoms with Gasteiger partial charge in [-0.1, -0.05) is 6.07 Å². The van der Waals surface area contributed by atoms with Gasteiger partial charge in [-0.05, 0) is 38.4 Å². The summed E-state index contributed by atoms with van der Waals surface area (Å²) < 4.78 is 0. The first-order valence-electron chi connectivity index (χ1n) is 5.25. The lowest BCUT2D eigenvalue weighted by atomic mass is 10.1. The summed E-state index contributed by atoms with van der Waals surface area (Å²) >= 11 is 1.86. The maximum absolute atomic E-state index is 3.42. The largest absolute Gasteiger partial charge is 0.315 e. The summed E-state index contributed by atoms with van der Waals surface area (Å²) in [7, 11) is 2.24. The summed E-state index contributed by atoms with van der Waals surface area (Å²) in [5.74, 6) is 0. The van der Waals surface area contributed by atoms with Gasteiger partial charge in [0.25, 0.3) is 0 Å². The Balaban J connectivity index is 2.00. The van der Waals surface area contributed by atoms with Crippen LogP contribution in [0.2, 0.25) is 0 Å². The number of likely N-dealkylation sites (N-methyl/N-ethyl adjacent to an activating group) is 1. The summed E-state index contributed by atoms with van der Waals surface area (Å²) in [4.78, 5) is 3.96. The van der Waals surface area contributed by atoms with E-state index >= 15 is 0 Å². The van der Waals surface area contributed by atoms with Gasteiger partial charge >= 0.3 is 0 Å². The fourth-order valence-electron chi connectivity index (χ4n) is 2.03. The minimum absolute atomic E-state index is 0.555. The van der Waals surface area contributed by atoms with Crippen molar-refractivity contribution in [3.8, 4) is 0 Å². The average Bonchev–Trinajstić information content (AvgIpc) is 2.87. The smallest absolute Gasteiger partial charge is 0.0413 e. The van der Waals surface area contributed by atoms with Crippen molar-refractivity contribution in [2.45, 2.75) is 25.4 Å². The molecule has 2 heterocycles. The molecule has 1 aliphatic rings. The minimum atomic E-state index is 0.555. The summed E-state index contributed by atoms with van der Waals surface area (Å²) in [6, 6.07) is 5.64. The van der Waals surface area contributed by atoms with Crippen molar-refractivity contribution in [2.75, 3.05) is 20.1 Å². The van der Waals surface area contributed by atoms with Crippen molar-refractivity contribution in [2.24, 2.45) is 0 Å². The fraction of sp³-hybridized carbons (Fsp3) is 0.636. The summed E-state index contributed by atoms with van der Waals surface area (Å²) in [5.41, 5.74) is 0. The normalized spacial score (nSPS) is 24.4. The second-order valence-electron chi connectivity index (χ2n) is 4.00. The second kappa shape index (κ2) is 4.43. The molecule has 0 amide bonds. The third-order valence-corrected chi connectivity index (χ3v) is 4.22. The molecule has 0 saturated carbocycles. The van der Waals surface area contributed by atoms with E-state index < -0.39 is 0 Å². The molecule has 2 nitrogen and oxygen atoms in total. The molecule has 1 unspecified atom stereocenters. The molecule has 0 radical (unpaired) electrons. The van der Waals surface area contributed by atoms with Crippen molar-refractivity contribution in [1.29, 1.82) is 0 Å². The number of hydrogen-bond donors (Lipinski definition) is 1. The highest BCUT2D eigenvalue weighted by Gasteiger charge is 2.23. The molecule has 1 saturated heterocycles. The van der Waals surface area contributed by atoms with Gasteiger partial charge in [-0.3, -0.25) is 4.90 Å². The minimum Gasteiger partial charge on any atom is -0.315 e. The van der Waals surface area contributed by atoms with E-state index in [4.69, 9.17) is 0 Å². The van der Waals surface area contributed by atoms with Crippen LogP contribution in [0.4, 0.5) is 0 Å². The molecule has 1 aliphatic heterocycles. The molecule has 14 heavy (non-hydrogen) atoms. The van der Waals surface area contributed by atoms with E-state index in [0.717, 1.165) is 6.54 Å². The SMILES string of the molecule is CC(c1cccs1)N(C)[C@H]1CCNC1. The van der Waals surface area contributed by atoms with E-state index in [1.165, 1.54) is 17.8 Å². The molecule has 78 valence electrons.